The van der Waals surface area contributed by atoms with Crippen molar-refractivity contribution in [3.63, 3.8) is 0 Å². The van der Waals surface area contributed by atoms with Gasteiger partial charge in [-0.05, 0) is 35.2 Å². The van der Waals surface area contributed by atoms with Gasteiger partial charge in [-0.15, -0.1) is 0 Å². The summed E-state index contributed by atoms with van der Waals surface area (Å²) in [7, 11) is 4.59. The molecule has 0 aliphatic carbocycles. The number of fused-ring (bicyclic) bond motifs is 3. The molecule has 1 aliphatic rings. The number of ether oxygens (including phenoxy) is 3. The number of nitrogens with one attached hydrogen (secondary N) is 1. The third-order valence-electron chi connectivity index (χ3n) is 5.51. The van der Waals surface area contributed by atoms with Crippen molar-refractivity contribution >= 4 is 23.4 Å². The molecular weight excluding hydrogens is 444 g/mol. The number of hydrogen-bond donors (Lipinski definition) is 1. The normalized spacial score (nSPS) is 14.3. The third-order valence-corrected chi connectivity index (χ3v) is 6.08. The van der Waals surface area contributed by atoms with E-state index in [9.17, 15) is 9.59 Å². The van der Waals surface area contributed by atoms with E-state index in [1.54, 1.807) is 28.6 Å². The average molecular weight is 470 g/mol. The molecule has 9 nitrogen and oxygen atoms in total. The van der Waals surface area contributed by atoms with Gasteiger partial charge in [0.05, 0.1) is 38.1 Å². The number of hydrogen-bond acceptors (Lipinski definition) is 7. The number of aromatic nitrogens is 3. The van der Waals surface area contributed by atoms with Crippen LogP contribution in [0.3, 0.4) is 0 Å². The number of carbonyl (C=O) groups is 1. The summed E-state index contributed by atoms with van der Waals surface area (Å²) in [5.74, 6) is 1.19. The van der Waals surface area contributed by atoms with Gasteiger partial charge in [0.2, 0.25) is 16.8 Å². The summed E-state index contributed by atoms with van der Waals surface area (Å²) in [5, 5.41) is 5.12. The Balaban J connectivity index is 2.10. The number of rotatable bonds is 6. The number of carbonyl (C=O) groups excluding carboxylic acids is 1. The maximum atomic E-state index is 13.3. The molecular formula is C23H25N4O5S+. The molecule has 1 N–H and O–H groups in total. The van der Waals surface area contributed by atoms with Crippen LogP contribution < -0.4 is 29.4 Å². The SMILES string of the molecule is CCC(=O)N1c2ccccc2-c2c(=O)[nH]c(SC)n[n+]2[C@@H]1c1cc(OC)c(OC)c(OC)c1. The number of methoxy groups -OCH3 is 3. The zero-order valence-corrected chi connectivity index (χ0v) is 19.9. The smallest absolute Gasteiger partial charge is 0.325 e. The topological polar surface area (TPSA) is 97.6 Å². The minimum Gasteiger partial charge on any atom is -0.493 e. The lowest BCUT2D eigenvalue weighted by Gasteiger charge is -2.32. The fraction of sp³-hybridized carbons (Fsp3) is 0.304. The van der Waals surface area contributed by atoms with E-state index in [1.807, 2.05) is 30.5 Å². The second-order valence-corrected chi connectivity index (χ2v) is 8.02. The summed E-state index contributed by atoms with van der Waals surface area (Å²) >= 11 is 1.31. The molecule has 1 atom stereocenters. The number of anilines is 1. The van der Waals surface area contributed by atoms with Gasteiger partial charge in [0.15, 0.2) is 11.5 Å². The Hall–Kier alpha value is -3.53. The molecule has 2 aromatic carbocycles. The molecule has 0 fully saturated rings. The predicted octanol–water partition coefficient (Wildman–Crippen LogP) is 2.78. The van der Waals surface area contributed by atoms with E-state index in [0.29, 0.717) is 44.9 Å². The highest BCUT2D eigenvalue weighted by atomic mass is 32.2. The predicted molar refractivity (Wildman–Crippen MR) is 124 cm³/mol. The molecule has 10 heteroatoms. The highest BCUT2D eigenvalue weighted by Crippen LogP contribution is 2.43. The second kappa shape index (κ2) is 9.14. The molecule has 4 rings (SSSR count). The van der Waals surface area contributed by atoms with Crippen molar-refractivity contribution in [2.75, 3.05) is 32.5 Å². The van der Waals surface area contributed by atoms with Crippen LogP contribution >= 0.6 is 11.8 Å². The van der Waals surface area contributed by atoms with E-state index in [2.05, 4.69) is 10.1 Å². The van der Waals surface area contributed by atoms with Crippen molar-refractivity contribution in [3.8, 4) is 28.5 Å². The monoisotopic (exact) mass is 469 g/mol. The van der Waals surface area contributed by atoms with Gasteiger partial charge in [-0.25, -0.2) is 4.90 Å². The van der Waals surface area contributed by atoms with Crippen molar-refractivity contribution in [2.24, 2.45) is 0 Å². The van der Waals surface area contributed by atoms with E-state index in [4.69, 9.17) is 14.2 Å². The Morgan fingerprint density at radius 1 is 1.15 bits per heavy atom. The van der Waals surface area contributed by atoms with Crippen molar-refractivity contribution in [3.05, 3.63) is 52.3 Å². The molecule has 1 amide bonds. The molecule has 172 valence electrons. The molecule has 0 radical (unpaired) electrons. The Bertz CT molecular complexity index is 1250. The molecule has 0 saturated carbocycles. The first kappa shape index (κ1) is 22.7. The van der Waals surface area contributed by atoms with Gasteiger partial charge < -0.3 is 14.2 Å². The molecule has 33 heavy (non-hydrogen) atoms. The van der Waals surface area contributed by atoms with Gasteiger partial charge in [0.1, 0.15) is 0 Å². The van der Waals surface area contributed by atoms with Crippen LogP contribution in [0.25, 0.3) is 11.3 Å². The quantitative estimate of drug-likeness (QED) is 0.438. The summed E-state index contributed by atoms with van der Waals surface area (Å²) < 4.78 is 18.2. The Labute approximate surface area is 195 Å². The van der Waals surface area contributed by atoms with Crippen LogP contribution in [0.2, 0.25) is 0 Å². The standard InChI is InChI=1S/C23H24N4O5S/c1-6-18(28)26-15-10-8-7-9-14(15)19-21(29)24-23(33-5)25-27(19)22(26)13-11-16(30-2)20(32-4)17(12-13)31-3/h7-12,22H,6H2,1-5H3/p+1/t22-/m1/s1. The van der Waals surface area contributed by atoms with Gasteiger partial charge in [0.25, 0.3) is 6.17 Å². The number of H-pyrrole nitrogens is 1. The minimum absolute atomic E-state index is 0.118. The van der Waals surface area contributed by atoms with Crippen LogP contribution in [-0.4, -0.2) is 43.6 Å². The van der Waals surface area contributed by atoms with Gasteiger partial charge in [0, 0.05) is 11.5 Å². The number of amides is 1. The maximum absolute atomic E-state index is 13.3. The van der Waals surface area contributed by atoms with Crippen molar-refractivity contribution in [1.82, 2.24) is 10.1 Å². The molecule has 1 aromatic heterocycles. The van der Waals surface area contributed by atoms with Crippen LogP contribution in [0.1, 0.15) is 25.1 Å². The number of benzene rings is 2. The summed E-state index contributed by atoms with van der Waals surface area (Å²) in [4.78, 5) is 31.0. The van der Waals surface area contributed by atoms with Crippen LogP contribution in [0.4, 0.5) is 5.69 Å². The Kier molecular flexibility index (Phi) is 6.28. The van der Waals surface area contributed by atoms with Crippen LogP contribution in [0.15, 0.2) is 46.3 Å². The molecule has 1 aliphatic heterocycles. The van der Waals surface area contributed by atoms with Gasteiger partial charge >= 0.3 is 11.3 Å². The first-order valence-corrected chi connectivity index (χ1v) is 11.5. The molecule has 0 bridgehead atoms. The van der Waals surface area contributed by atoms with E-state index in [-0.39, 0.29) is 17.9 Å². The number of nitrogens with zero attached hydrogens (tertiary/aromatic N) is 3. The maximum Gasteiger partial charge on any atom is 0.325 e. The summed E-state index contributed by atoms with van der Waals surface area (Å²) in [6, 6.07) is 10.9. The van der Waals surface area contributed by atoms with Gasteiger partial charge in [-0.3, -0.25) is 14.6 Å². The van der Waals surface area contributed by atoms with E-state index in [1.165, 1.54) is 33.1 Å². The van der Waals surface area contributed by atoms with E-state index >= 15 is 0 Å². The fourth-order valence-corrected chi connectivity index (χ4v) is 4.42. The Morgan fingerprint density at radius 3 is 2.39 bits per heavy atom. The lowest BCUT2D eigenvalue weighted by molar-refractivity contribution is -0.763. The first-order chi connectivity index (χ1) is 16.0. The first-order valence-electron chi connectivity index (χ1n) is 10.3. The summed E-state index contributed by atoms with van der Waals surface area (Å²) in [6.07, 6.45) is 1.35. The van der Waals surface area contributed by atoms with Crippen LogP contribution in [0, 0.1) is 0 Å². The average Bonchev–Trinajstić information content (AvgIpc) is 2.85. The Morgan fingerprint density at radius 2 is 1.82 bits per heavy atom. The molecule has 2 heterocycles. The minimum atomic E-state index is -0.746. The van der Waals surface area contributed by atoms with Crippen molar-refractivity contribution < 1.29 is 23.7 Å². The number of aromatic amines is 1. The van der Waals surface area contributed by atoms with E-state index < -0.39 is 6.17 Å². The third kappa shape index (κ3) is 3.70. The van der Waals surface area contributed by atoms with Crippen LogP contribution in [-0.2, 0) is 4.79 Å². The van der Waals surface area contributed by atoms with Gasteiger partial charge in [-0.2, -0.15) is 0 Å². The second-order valence-electron chi connectivity index (χ2n) is 7.22. The zero-order valence-electron chi connectivity index (χ0n) is 19.0. The molecule has 0 spiro atoms. The van der Waals surface area contributed by atoms with Crippen LogP contribution in [0.5, 0.6) is 17.2 Å². The van der Waals surface area contributed by atoms with Crippen molar-refractivity contribution in [2.45, 2.75) is 24.7 Å². The number of thioether (sulfide) groups is 1. The molecule has 0 saturated heterocycles. The van der Waals surface area contributed by atoms with Crippen molar-refractivity contribution in [1.29, 1.82) is 0 Å². The molecule has 0 unspecified atom stereocenters. The lowest BCUT2D eigenvalue weighted by atomic mass is 10.0. The molecule has 3 aromatic rings. The highest BCUT2D eigenvalue weighted by molar-refractivity contribution is 7.98. The summed E-state index contributed by atoms with van der Waals surface area (Å²) in [5.41, 5.74) is 1.99. The largest absolute Gasteiger partial charge is 0.493 e. The van der Waals surface area contributed by atoms with E-state index in [0.717, 1.165) is 0 Å². The highest BCUT2D eigenvalue weighted by Gasteiger charge is 2.46. The fourth-order valence-electron chi connectivity index (χ4n) is 4.05. The lowest BCUT2D eigenvalue weighted by Crippen LogP contribution is -2.60. The van der Waals surface area contributed by atoms with Gasteiger partial charge in [-0.1, -0.05) is 30.8 Å². The zero-order chi connectivity index (χ0) is 23.7. The number of para-hydroxylation sites is 1. The summed E-state index contributed by atoms with van der Waals surface area (Å²) in [6.45, 7) is 1.80.